The molecule has 1 fully saturated rings. The highest BCUT2D eigenvalue weighted by Gasteiger charge is 2.24. The van der Waals surface area contributed by atoms with E-state index in [-0.39, 0.29) is 5.91 Å². The van der Waals surface area contributed by atoms with Crippen LogP contribution in [0.5, 0.6) is 5.75 Å². The summed E-state index contributed by atoms with van der Waals surface area (Å²) >= 11 is 0. The van der Waals surface area contributed by atoms with Crippen molar-refractivity contribution >= 4 is 17.6 Å². The molecule has 148 valence electrons. The molecule has 0 unspecified atom stereocenters. The smallest absolute Gasteiger partial charge is 0.321 e. The van der Waals surface area contributed by atoms with Gasteiger partial charge < -0.3 is 19.9 Å². The second kappa shape index (κ2) is 9.75. The first kappa shape index (κ1) is 19.7. The van der Waals surface area contributed by atoms with Crippen LogP contribution in [0.2, 0.25) is 0 Å². The van der Waals surface area contributed by atoms with E-state index in [0.29, 0.717) is 13.1 Å². The molecule has 0 saturated carbocycles. The average Bonchev–Trinajstić information content (AvgIpc) is 2.73. The van der Waals surface area contributed by atoms with Crippen molar-refractivity contribution < 1.29 is 19.2 Å². The SMILES string of the molecule is COc1ccccc1N1CC[NH+](CC(=O)NC(=O)NCc2ccccc2)CC1. The summed E-state index contributed by atoms with van der Waals surface area (Å²) in [5.74, 6) is 0.602. The first-order valence-electron chi connectivity index (χ1n) is 9.49. The average molecular weight is 383 g/mol. The molecule has 28 heavy (non-hydrogen) atoms. The van der Waals surface area contributed by atoms with E-state index < -0.39 is 6.03 Å². The number of urea groups is 1. The zero-order valence-corrected chi connectivity index (χ0v) is 16.1. The molecule has 1 aliphatic rings. The Kier molecular flexibility index (Phi) is 6.86. The van der Waals surface area contributed by atoms with Gasteiger partial charge in [-0.2, -0.15) is 0 Å². The zero-order chi connectivity index (χ0) is 19.8. The monoisotopic (exact) mass is 383 g/mol. The number of rotatable bonds is 6. The zero-order valence-electron chi connectivity index (χ0n) is 16.1. The van der Waals surface area contributed by atoms with E-state index in [1.54, 1.807) is 7.11 Å². The number of nitrogens with zero attached hydrogens (tertiary/aromatic N) is 1. The molecule has 3 N–H and O–H groups in total. The Hall–Kier alpha value is -3.06. The van der Waals surface area contributed by atoms with Gasteiger partial charge in [-0.15, -0.1) is 0 Å². The van der Waals surface area contributed by atoms with Crippen molar-refractivity contribution in [2.24, 2.45) is 0 Å². The standard InChI is InChI=1S/C21H26N4O3/c1-28-19-10-6-5-9-18(19)25-13-11-24(12-14-25)16-20(26)23-21(27)22-15-17-7-3-2-4-8-17/h2-10H,11-16H2,1H3,(H2,22,23,26,27)/p+1. The summed E-state index contributed by atoms with van der Waals surface area (Å²) in [4.78, 5) is 27.5. The highest BCUT2D eigenvalue weighted by molar-refractivity contribution is 5.94. The number of ether oxygens (including phenoxy) is 1. The van der Waals surface area contributed by atoms with E-state index in [1.807, 2.05) is 54.6 Å². The van der Waals surface area contributed by atoms with Crippen molar-refractivity contribution in [1.82, 2.24) is 10.6 Å². The molecular formula is C21H27N4O3+. The van der Waals surface area contributed by atoms with Gasteiger partial charge in [-0.3, -0.25) is 10.1 Å². The Morgan fingerprint density at radius 1 is 1.04 bits per heavy atom. The molecule has 2 aromatic carbocycles. The lowest BCUT2D eigenvalue weighted by atomic mass is 10.2. The number of carbonyl (C=O) groups is 2. The minimum atomic E-state index is -0.457. The fourth-order valence-electron chi connectivity index (χ4n) is 3.35. The lowest BCUT2D eigenvalue weighted by Crippen LogP contribution is -3.16. The van der Waals surface area contributed by atoms with Crippen LogP contribution in [0.4, 0.5) is 10.5 Å². The molecule has 0 aromatic heterocycles. The number of benzene rings is 2. The first-order chi connectivity index (χ1) is 13.7. The molecule has 0 atom stereocenters. The van der Waals surface area contributed by atoms with Crippen LogP contribution in [0.15, 0.2) is 54.6 Å². The topological polar surface area (TPSA) is 75.1 Å². The summed E-state index contributed by atoms with van der Waals surface area (Å²) in [5.41, 5.74) is 2.07. The van der Waals surface area contributed by atoms with Crippen LogP contribution in [0, 0.1) is 0 Å². The molecule has 0 spiro atoms. The van der Waals surface area contributed by atoms with Gasteiger partial charge in [-0.25, -0.2) is 4.79 Å². The van der Waals surface area contributed by atoms with Crippen molar-refractivity contribution in [2.45, 2.75) is 6.54 Å². The largest absolute Gasteiger partial charge is 0.495 e. The number of amides is 3. The number of hydrogen-bond acceptors (Lipinski definition) is 4. The van der Waals surface area contributed by atoms with Gasteiger partial charge in [0.1, 0.15) is 5.75 Å². The van der Waals surface area contributed by atoms with E-state index in [9.17, 15) is 9.59 Å². The minimum absolute atomic E-state index is 0.258. The lowest BCUT2D eigenvalue weighted by molar-refractivity contribution is -0.892. The number of quaternary nitrogens is 1. The summed E-state index contributed by atoms with van der Waals surface area (Å²) in [7, 11) is 1.67. The van der Waals surface area contributed by atoms with Gasteiger partial charge in [-0.05, 0) is 17.7 Å². The number of hydrogen-bond donors (Lipinski definition) is 3. The number of imide groups is 1. The second-order valence-electron chi connectivity index (χ2n) is 6.80. The quantitative estimate of drug-likeness (QED) is 0.676. The number of nitrogens with one attached hydrogen (secondary N) is 3. The van der Waals surface area contributed by atoms with Crippen LogP contribution in [-0.2, 0) is 11.3 Å². The van der Waals surface area contributed by atoms with E-state index in [0.717, 1.165) is 43.2 Å². The van der Waals surface area contributed by atoms with Gasteiger partial charge in [-0.1, -0.05) is 42.5 Å². The van der Waals surface area contributed by atoms with Crippen LogP contribution >= 0.6 is 0 Å². The van der Waals surface area contributed by atoms with E-state index >= 15 is 0 Å². The maximum atomic E-state index is 12.2. The fourth-order valence-corrected chi connectivity index (χ4v) is 3.35. The summed E-state index contributed by atoms with van der Waals surface area (Å²) in [5, 5.41) is 5.12. The molecule has 0 bridgehead atoms. The predicted molar refractivity (Wildman–Crippen MR) is 108 cm³/mol. The molecule has 1 heterocycles. The summed E-state index contributed by atoms with van der Waals surface area (Å²) in [6.45, 7) is 4.02. The highest BCUT2D eigenvalue weighted by Crippen LogP contribution is 2.27. The van der Waals surface area contributed by atoms with Crippen molar-refractivity contribution in [3.8, 4) is 5.75 Å². The molecule has 1 aliphatic heterocycles. The predicted octanol–water partition coefficient (Wildman–Crippen LogP) is 0.426. The Morgan fingerprint density at radius 2 is 1.71 bits per heavy atom. The number of carbonyl (C=O) groups excluding carboxylic acids is 2. The Morgan fingerprint density at radius 3 is 2.43 bits per heavy atom. The Labute approximate surface area is 165 Å². The molecule has 1 saturated heterocycles. The maximum Gasteiger partial charge on any atom is 0.321 e. The summed E-state index contributed by atoms with van der Waals surface area (Å²) in [6, 6.07) is 17.1. The fraction of sp³-hybridized carbons (Fsp3) is 0.333. The van der Waals surface area contributed by atoms with Crippen molar-refractivity contribution in [3.05, 3.63) is 60.2 Å². The van der Waals surface area contributed by atoms with Crippen LogP contribution in [0.1, 0.15) is 5.56 Å². The van der Waals surface area contributed by atoms with Crippen molar-refractivity contribution in [3.63, 3.8) is 0 Å². The van der Waals surface area contributed by atoms with Crippen LogP contribution in [0.3, 0.4) is 0 Å². The number of anilines is 1. The minimum Gasteiger partial charge on any atom is -0.495 e. The summed E-state index contributed by atoms with van der Waals surface area (Å²) in [6.07, 6.45) is 0. The normalized spacial score (nSPS) is 14.4. The Balaban J connectivity index is 1.40. The van der Waals surface area contributed by atoms with Crippen LogP contribution in [0.25, 0.3) is 0 Å². The molecule has 0 aliphatic carbocycles. The molecule has 3 rings (SSSR count). The van der Waals surface area contributed by atoms with E-state index in [2.05, 4.69) is 15.5 Å². The van der Waals surface area contributed by atoms with Crippen molar-refractivity contribution in [2.75, 3.05) is 44.7 Å². The molecule has 7 nitrogen and oxygen atoms in total. The third kappa shape index (κ3) is 5.47. The van der Waals surface area contributed by atoms with Gasteiger partial charge >= 0.3 is 6.03 Å². The van der Waals surface area contributed by atoms with Crippen molar-refractivity contribution in [1.29, 1.82) is 0 Å². The van der Waals surface area contributed by atoms with Gasteiger partial charge in [0.15, 0.2) is 6.54 Å². The maximum absolute atomic E-state index is 12.2. The van der Waals surface area contributed by atoms with Crippen LogP contribution in [-0.4, -0.2) is 51.8 Å². The molecule has 2 aromatic rings. The van der Waals surface area contributed by atoms with Gasteiger partial charge in [0.2, 0.25) is 0 Å². The van der Waals surface area contributed by atoms with Gasteiger partial charge in [0, 0.05) is 6.54 Å². The lowest BCUT2D eigenvalue weighted by Gasteiger charge is -2.33. The van der Waals surface area contributed by atoms with Crippen LogP contribution < -0.4 is 25.2 Å². The molecule has 3 amide bonds. The van der Waals surface area contributed by atoms with Gasteiger partial charge in [0.25, 0.3) is 5.91 Å². The van der Waals surface area contributed by atoms with E-state index in [1.165, 1.54) is 4.90 Å². The third-order valence-corrected chi connectivity index (χ3v) is 4.86. The molecule has 7 heteroatoms. The third-order valence-electron chi connectivity index (χ3n) is 4.86. The molecular weight excluding hydrogens is 356 g/mol. The number of methoxy groups -OCH3 is 1. The summed E-state index contributed by atoms with van der Waals surface area (Å²) < 4.78 is 5.43. The van der Waals surface area contributed by atoms with Gasteiger partial charge in [0.05, 0.1) is 39.0 Å². The van der Waals surface area contributed by atoms with E-state index in [4.69, 9.17) is 4.74 Å². The number of piperazine rings is 1. The second-order valence-corrected chi connectivity index (χ2v) is 6.80. The number of para-hydroxylation sites is 2. The molecule has 0 radical (unpaired) electrons. The highest BCUT2D eigenvalue weighted by atomic mass is 16.5. The first-order valence-corrected chi connectivity index (χ1v) is 9.49. The Bertz CT molecular complexity index is 789.